The summed E-state index contributed by atoms with van der Waals surface area (Å²) in [5.41, 5.74) is 2.46. The maximum absolute atomic E-state index is 12.2. The summed E-state index contributed by atoms with van der Waals surface area (Å²) in [6.07, 6.45) is -0.631. The Hall–Kier alpha value is -3.22. The van der Waals surface area contributed by atoms with Crippen LogP contribution in [0.4, 0.5) is 11.4 Å². The second-order valence-corrected chi connectivity index (χ2v) is 5.45. The van der Waals surface area contributed by atoms with Gasteiger partial charge in [0.25, 0.3) is 0 Å². The Morgan fingerprint density at radius 2 is 1.72 bits per heavy atom. The van der Waals surface area contributed by atoms with Crippen LogP contribution in [-0.2, 0) is 9.53 Å². The minimum atomic E-state index is -0.631. The summed E-state index contributed by atoms with van der Waals surface area (Å²) in [6.45, 7) is 1.45. The lowest BCUT2D eigenvalue weighted by molar-refractivity contribution is -0.114. The number of rotatable bonds is 5. The Morgan fingerprint density at radius 3 is 2.32 bits per heavy atom. The molecule has 25 heavy (non-hydrogen) atoms. The average molecular weight is 342 g/mol. The Bertz CT molecular complexity index is 817. The number of anilines is 2. The minimum Gasteiger partial charge on any atom is -0.493 e. The van der Waals surface area contributed by atoms with Crippen LogP contribution in [-0.4, -0.2) is 26.1 Å². The summed E-state index contributed by atoms with van der Waals surface area (Å²) in [7, 11) is 2.99. The van der Waals surface area contributed by atoms with Gasteiger partial charge >= 0.3 is 5.97 Å². The Kier molecular flexibility index (Phi) is 4.47. The minimum absolute atomic E-state index is 0.139. The van der Waals surface area contributed by atoms with E-state index in [1.54, 1.807) is 36.4 Å². The number of carbonyl (C=O) groups excluding carboxylic acids is 2. The molecule has 1 amide bonds. The number of methoxy groups -OCH3 is 2. The SMILES string of the molecule is COc1ccc2c(c1OC)C(=O)O[C@H]2Nc1ccc(NC(C)=O)cc1. The van der Waals surface area contributed by atoms with Crippen LogP contribution in [0.15, 0.2) is 36.4 Å². The predicted molar refractivity (Wildman–Crippen MR) is 92.1 cm³/mol. The van der Waals surface area contributed by atoms with Crippen molar-refractivity contribution in [2.45, 2.75) is 13.2 Å². The van der Waals surface area contributed by atoms with Crippen LogP contribution in [0, 0.1) is 0 Å². The molecule has 0 saturated heterocycles. The number of cyclic esters (lactones) is 1. The molecule has 2 aromatic carbocycles. The third-order valence-electron chi connectivity index (χ3n) is 3.79. The van der Waals surface area contributed by atoms with Crippen molar-refractivity contribution >= 4 is 23.3 Å². The first-order valence-electron chi connectivity index (χ1n) is 7.63. The second-order valence-electron chi connectivity index (χ2n) is 5.45. The van der Waals surface area contributed by atoms with Crippen LogP contribution in [0.5, 0.6) is 11.5 Å². The van der Waals surface area contributed by atoms with Gasteiger partial charge in [-0.2, -0.15) is 0 Å². The highest BCUT2D eigenvalue weighted by Crippen LogP contribution is 2.42. The van der Waals surface area contributed by atoms with Crippen molar-refractivity contribution in [2.24, 2.45) is 0 Å². The smallest absolute Gasteiger partial charge is 0.344 e. The van der Waals surface area contributed by atoms with E-state index >= 15 is 0 Å². The van der Waals surface area contributed by atoms with Crippen LogP contribution in [0.25, 0.3) is 0 Å². The van der Waals surface area contributed by atoms with E-state index in [9.17, 15) is 9.59 Å². The molecule has 1 aliphatic heterocycles. The van der Waals surface area contributed by atoms with Crippen molar-refractivity contribution in [3.63, 3.8) is 0 Å². The number of esters is 1. The van der Waals surface area contributed by atoms with Gasteiger partial charge in [-0.1, -0.05) is 0 Å². The molecule has 2 aromatic rings. The van der Waals surface area contributed by atoms with E-state index in [1.165, 1.54) is 21.1 Å². The largest absolute Gasteiger partial charge is 0.493 e. The highest BCUT2D eigenvalue weighted by atomic mass is 16.6. The first-order valence-corrected chi connectivity index (χ1v) is 7.63. The number of ether oxygens (including phenoxy) is 3. The monoisotopic (exact) mass is 342 g/mol. The normalized spacial score (nSPS) is 15.2. The maximum Gasteiger partial charge on any atom is 0.344 e. The molecule has 0 radical (unpaired) electrons. The fraction of sp³-hybridized carbons (Fsp3) is 0.222. The fourth-order valence-electron chi connectivity index (χ4n) is 2.71. The van der Waals surface area contributed by atoms with Gasteiger partial charge in [-0.3, -0.25) is 4.79 Å². The summed E-state index contributed by atoms with van der Waals surface area (Å²) >= 11 is 0. The highest BCUT2D eigenvalue weighted by Gasteiger charge is 2.35. The molecule has 1 atom stereocenters. The average Bonchev–Trinajstić information content (AvgIpc) is 2.91. The molecule has 3 rings (SSSR count). The molecular formula is C18H18N2O5. The van der Waals surface area contributed by atoms with Crippen LogP contribution in [0.1, 0.15) is 29.1 Å². The van der Waals surface area contributed by atoms with Crippen molar-refractivity contribution < 1.29 is 23.8 Å². The third kappa shape index (κ3) is 3.21. The summed E-state index contributed by atoms with van der Waals surface area (Å²) in [5, 5.41) is 5.84. The van der Waals surface area contributed by atoms with Crippen LogP contribution < -0.4 is 20.1 Å². The van der Waals surface area contributed by atoms with Gasteiger partial charge in [0, 0.05) is 23.9 Å². The number of nitrogens with one attached hydrogen (secondary N) is 2. The van der Waals surface area contributed by atoms with Crippen LogP contribution in [0.3, 0.4) is 0 Å². The Morgan fingerprint density at radius 1 is 1.04 bits per heavy atom. The van der Waals surface area contributed by atoms with E-state index < -0.39 is 12.2 Å². The van der Waals surface area contributed by atoms with Crippen molar-refractivity contribution in [2.75, 3.05) is 24.9 Å². The van der Waals surface area contributed by atoms with E-state index in [-0.39, 0.29) is 5.91 Å². The van der Waals surface area contributed by atoms with E-state index in [2.05, 4.69) is 10.6 Å². The van der Waals surface area contributed by atoms with Crippen molar-refractivity contribution in [3.8, 4) is 11.5 Å². The molecule has 0 unspecified atom stereocenters. The molecule has 130 valence electrons. The molecule has 1 aliphatic rings. The van der Waals surface area contributed by atoms with Crippen molar-refractivity contribution in [3.05, 3.63) is 47.5 Å². The summed E-state index contributed by atoms with van der Waals surface area (Å²) in [4.78, 5) is 23.3. The number of benzene rings is 2. The zero-order chi connectivity index (χ0) is 18.0. The van der Waals surface area contributed by atoms with Gasteiger partial charge in [-0.05, 0) is 36.4 Å². The Balaban J connectivity index is 1.85. The molecule has 0 spiro atoms. The lowest BCUT2D eigenvalue weighted by Crippen LogP contribution is -2.10. The first kappa shape index (κ1) is 16.6. The van der Waals surface area contributed by atoms with Gasteiger partial charge in [0.1, 0.15) is 5.56 Å². The quantitative estimate of drug-likeness (QED) is 0.813. The number of hydrogen-bond acceptors (Lipinski definition) is 6. The third-order valence-corrected chi connectivity index (χ3v) is 3.79. The van der Waals surface area contributed by atoms with Gasteiger partial charge in [-0.25, -0.2) is 4.79 Å². The fourth-order valence-corrected chi connectivity index (χ4v) is 2.71. The lowest BCUT2D eigenvalue weighted by Gasteiger charge is -2.15. The molecule has 7 nitrogen and oxygen atoms in total. The summed E-state index contributed by atoms with van der Waals surface area (Å²) in [5.74, 6) is 0.215. The van der Waals surface area contributed by atoms with Crippen molar-refractivity contribution in [1.29, 1.82) is 0 Å². The van der Waals surface area contributed by atoms with Gasteiger partial charge in [0.2, 0.25) is 12.1 Å². The predicted octanol–water partition coefficient (Wildman–Crippen LogP) is 2.94. The van der Waals surface area contributed by atoms with Gasteiger partial charge < -0.3 is 24.8 Å². The van der Waals surface area contributed by atoms with E-state index in [1.807, 2.05) is 0 Å². The molecule has 0 bridgehead atoms. The van der Waals surface area contributed by atoms with Gasteiger partial charge in [-0.15, -0.1) is 0 Å². The van der Waals surface area contributed by atoms with Crippen LogP contribution >= 0.6 is 0 Å². The summed E-state index contributed by atoms with van der Waals surface area (Å²) in [6, 6.07) is 10.6. The molecule has 0 saturated carbocycles. The van der Waals surface area contributed by atoms with Crippen molar-refractivity contribution in [1.82, 2.24) is 0 Å². The number of amides is 1. The molecule has 0 aliphatic carbocycles. The number of hydrogen-bond donors (Lipinski definition) is 2. The van der Waals surface area contributed by atoms with Gasteiger partial charge in [0.05, 0.1) is 14.2 Å². The second kappa shape index (κ2) is 6.72. The highest BCUT2D eigenvalue weighted by molar-refractivity contribution is 5.98. The van der Waals surface area contributed by atoms with E-state index in [0.717, 1.165) is 5.69 Å². The van der Waals surface area contributed by atoms with Crippen LogP contribution in [0.2, 0.25) is 0 Å². The molecule has 7 heteroatoms. The van der Waals surface area contributed by atoms with Gasteiger partial charge in [0.15, 0.2) is 11.5 Å². The first-order chi connectivity index (χ1) is 12.0. The molecule has 0 fully saturated rings. The van der Waals surface area contributed by atoms with E-state index in [0.29, 0.717) is 28.3 Å². The topological polar surface area (TPSA) is 85.9 Å². The molecule has 0 aromatic heterocycles. The summed E-state index contributed by atoms with van der Waals surface area (Å²) < 4.78 is 15.9. The number of fused-ring (bicyclic) bond motifs is 1. The lowest BCUT2D eigenvalue weighted by atomic mass is 10.1. The maximum atomic E-state index is 12.2. The zero-order valence-electron chi connectivity index (χ0n) is 14.1. The molecule has 1 heterocycles. The van der Waals surface area contributed by atoms with E-state index in [4.69, 9.17) is 14.2 Å². The molecule has 2 N–H and O–H groups in total. The zero-order valence-corrected chi connectivity index (χ0v) is 14.1. The molecular weight excluding hydrogens is 324 g/mol. The Labute approximate surface area is 144 Å². The number of carbonyl (C=O) groups is 2. The standard InChI is InChI=1S/C18H18N2O5/c1-10(21)19-11-4-6-12(7-5-11)20-17-13-8-9-14(23-2)16(24-3)15(13)18(22)25-17/h4-9,17,20H,1-3H3,(H,19,21)/t17-/m1/s1.